The van der Waals surface area contributed by atoms with Crippen LogP contribution in [0, 0.1) is 0 Å². The highest BCUT2D eigenvalue weighted by Gasteiger charge is 2.19. The van der Waals surface area contributed by atoms with E-state index >= 15 is 0 Å². The van der Waals surface area contributed by atoms with E-state index < -0.39 is 10.0 Å². The third-order valence-electron chi connectivity index (χ3n) is 2.50. The predicted molar refractivity (Wildman–Crippen MR) is 68.4 cm³/mol. The Labute approximate surface area is 108 Å². The summed E-state index contributed by atoms with van der Waals surface area (Å²) >= 11 is 0. The summed E-state index contributed by atoms with van der Waals surface area (Å²) in [5.41, 5.74) is 6.06. The van der Waals surface area contributed by atoms with Gasteiger partial charge in [0, 0.05) is 25.9 Å². The highest BCUT2D eigenvalue weighted by Crippen LogP contribution is 2.09. The van der Waals surface area contributed by atoms with Crippen LogP contribution in [0.2, 0.25) is 0 Å². The fourth-order valence-corrected chi connectivity index (χ4v) is 2.66. The first-order valence-corrected chi connectivity index (χ1v) is 7.18. The summed E-state index contributed by atoms with van der Waals surface area (Å²) in [5, 5.41) is 0. The van der Waals surface area contributed by atoms with E-state index in [1.165, 1.54) is 19.4 Å². The van der Waals surface area contributed by atoms with Gasteiger partial charge in [0.15, 0.2) is 0 Å². The molecule has 0 aliphatic rings. The van der Waals surface area contributed by atoms with Gasteiger partial charge in [-0.2, -0.15) is 0 Å². The monoisotopic (exact) mass is 273 g/mol. The molecule has 0 amide bonds. The molecular weight excluding hydrogens is 254 g/mol. The van der Waals surface area contributed by atoms with Gasteiger partial charge in [-0.3, -0.25) is 4.98 Å². The second-order valence-corrected chi connectivity index (χ2v) is 5.59. The van der Waals surface area contributed by atoms with Crippen molar-refractivity contribution in [3.8, 4) is 0 Å². The van der Waals surface area contributed by atoms with Gasteiger partial charge in [-0.25, -0.2) is 13.1 Å². The molecule has 102 valence electrons. The van der Waals surface area contributed by atoms with Crippen LogP contribution in [0.25, 0.3) is 0 Å². The number of ether oxygens (including phenoxy) is 1. The van der Waals surface area contributed by atoms with Crippen LogP contribution in [-0.4, -0.2) is 33.2 Å². The molecule has 1 unspecified atom stereocenters. The van der Waals surface area contributed by atoms with Crippen molar-refractivity contribution in [3.63, 3.8) is 0 Å². The minimum Gasteiger partial charge on any atom is -0.383 e. The normalized spacial score (nSPS) is 13.5. The van der Waals surface area contributed by atoms with Gasteiger partial charge in [-0.05, 0) is 18.6 Å². The van der Waals surface area contributed by atoms with Gasteiger partial charge >= 0.3 is 0 Å². The molecule has 1 rings (SSSR count). The maximum atomic E-state index is 12.0. The molecule has 1 atom stereocenters. The Morgan fingerprint density at radius 2 is 2.22 bits per heavy atom. The topological polar surface area (TPSA) is 94.3 Å². The van der Waals surface area contributed by atoms with Crippen molar-refractivity contribution >= 4 is 10.0 Å². The zero-order chi connectivity index (χ0) is 13.6. The lowest BCUT2D eigenvalue weighted by molar-refractivity contribution is 0.173. The number of pyridine rings is 1. The SMILES string of the molecule is CCC(COC)NS(=O)(=O)c1ccc(CN)nc1. The first kappa shape index (κ1) is 15.0. The first-order chi connectivity index (χ1) is 8.53. The summed E-state index contributed by atoms with van der Waals surface area (Å²) in [7, 11) is -2.02. The predicted octanol–water partition coefficient (Wildman–Crippen LogP) is 0.244. The first-order valence-electron chi connectivity index (χ1n) is 5.69. The highest BCUT2D eigenvalue weighted by molar-refractivity contribution is 7.89. The van der Waals surface area contributed by atoms with Crippen LogP contribution in [0.3, 0.4) is 0 Å². The van der Waals surface area contributed by atoms with Crippen LogP contribution >= 0.6 is 0 Å². The number of hydrogen-bond donors (Lipinski definition) is 2. The fourth-order valence-electron chi connectivity index (χ4n) is 1.41. The van der Waals surface area contributed by atoms with Gasteiger partial charge in [0.05, 0.1) is 12.3 Å². The zero-order valence-electron chi connectivity index (χ0n) is 10.6. The van der Waals surface area contributed by atoms with Crippen LogP contribution in [-0.2, 0) is 21.3 Å². The van der Waals surface area contributed by atoms with Gasteiger partial charge in [-0.15, -0.1) is 0 Å². The quantitative estimate of drug-likeness (QED) is 0.742. The molecule has 3 N–H and O–H groups in total. The number of sulfonamides is 1. The highest BCUT2D eigenvalue weighted by atomic mass is 32.2. The fraction of sp³-hybridized carbons (Fsp3) is 0.545. The van der Waals surface area contributed by atoms with Crippen molar-refractivity contribution < 1.29 is 13.2 Å². The van der Waals surface area contributed by atoms with Crippen molar-refractivity contribution in [3.05, 3.63) is 24.0 Å². The standard InChI is InChI=1S/C11H19N3O3S/c1-3-9(8-17-2)14-18(15,16)11-5-4-10(6-12)13-7-11/h4-5,7,9,14H,3,6,8,12H2,1-2H3. The number of hydrogen-bond acceptors (Lipinski definition) is 5. The molecule has 0 radical (unpaired) electrons. The molecule has 0 aliphatic heterocycles. The largest absolute Gasteiger partial charge is 0.383 e. The third-order valence-corrected chi connectivity index (χ3v) is 4.01. The van der Waals surface area contributed by atoms with E-state index in [0.29, 0.717) is 18.7 Å². The number of nitrogens with two attached hydrogens (primary N) is 1. The van der Waals surface area contributed by atoms with E-state index in [1.54, 1.807) is 6.07 Å². The number of aromatic nitrogens is 1. The summed E-state index contributed by atoms with van der Waals surface area (Å²) < 4.78 is 31.6. The van der Waals surface area contributed by atoms with E-state index in [4.69, 9.17) is 10.5 Å². The number of rotatable bonds is 7. The summed E-state index contributed by atoms with van der Waals surface area (Å²) in [6, 6.07) is 2.86. The number of nitrogens with zero attached hydrogens (tertiary/aromatic N) is 1. The molecule has 0 fully saturated rings. The molecule has 0 saturated heterocycles. The molecule has 7 heteroatoms. The van der Waals surface area contributed by atoms with E-state index in [-0.39, 0.29) is 17.5 Å². The molecule has 0 bridgehead atoms. The Kier molecular flexibility index (Phi) is 5.67. The molecule has 6 nitrogen and oxygen atoms in total. The second kappa shape index (κ2) is 6.79. The number of methoxy groups -OCH3 is 1. The summed E-state index contributed by atoms with van der Waals surface area (Å²) in [5.74, 6) is 0. The average Bonchev–Trinajstić information content (AvgIpc) is 2.38. The lowest BCUT2D eigenvalue weighted by Crippen LogP contribution is -2.37. The van der Waals surface area contributed by atoms with Crippen molar-refractivity contribution in [1.29, 1.82) is 0 Å². The third kappa shape index (κ3) is 4.02. The molecule has 1 aromatic rings. The Balaban J connectivity index is 2.84. The summed E-state index contributed by atoms with van der Waals surface area (Å²) in [6.07, 6.45) is 1.96. The molecule has 0 aromatic carbocycles. The van der Waals surface area contributed by atoms with Crippen LogP contribution in [0.1, 0.15) is 19.0 Å². The molecule has 1 aromatic heterocycles. The molecular formula is C11H19N3O3S. The van der Waals surface area contributed by atoms with Crippen LogP contribution < -0.4 is 10.5 Å². The molecule has 1 heterocycles. The second-order valence-electron chi connectivity index (χ2n) is 3.87. The Morgan fingerprint density at radius 3 is 2.67 bits per heavy atom. The summed E-state index contributed by atoms with van der Waals surface area (Å²) in [6.45, 7) is 2.51. The zero-order valence-corrected chi connectivity index (χ0v) is 11.4. The van der Waals surface area contributed by atoms with Crippen molar-refractivity contribution in [1.82, 2.24) is 9.71 Å². The Hall–Kier alpha value is -1.02. The van der Waals surface area contributed by atoms with Crippen LogP contribution in [0.4, 0.5) is 0 Å². The van der Waals surface area contributed by atoms with Gasteiger partial charge in [-0.1, -0.05) is 6.92 Å². The van der Waals surface area contributed by atoms with E-state index in [0.717, 1.165) is 0 Å². The van der Waals surface area contributed by atoms with Gasteiger partial charge in [0.1, 0.15) is 4.90 Å². The molecule has 0 saturated carbocycles. The van der Waals surface area contributed by atoms with E-state index in [1.807, 2.05) is 6.92 Å². The van der Waals surface area contributed by atoms with Crippen LogP contribution in [0.15, 0.2) is 23.2 Å². The van der Waals surface area contributed by atoms with Crippen molar-refractivity contribution in [2.75, 3.05) is 13.7 Å². The maximum Gasteiger partial charge on any atom is 0.242 e. The maximum absolute atomic E-state index is 12.0. The van der Waals surface area contributed by atoms with E-state index in [9.17, 15) is 8.42 Å². The lowest BCUT2D eigenvalue weighted by Gasteiger charge is -2.15. The lowest BCUT2D eigenvalue weighted by atomic mass is 10.3. The van der Waals surface area contributed by atoms with Gasteiger partial charge < -0.3 is 10.5 Å². The Bertz CT molecular complexity index is 459. The van der Waals surface area contributed by atoms with Gasteiger partial charge in [0.2, 0.25) is 10.0 Å². The van der Waals surface area contributed by atoms with Gasteiger partial charge in [0.25, 0.3) is 0 Å². The minimum absolute atomic E-state index is 0.134. The number of nitrogens with one attached hydrogen (secondary N) is 1. The van der Waals surface area contributed by atoms with Crippen LogP contribution in [0.5, 0.6) is 0 Å². The molecule has 18 heavy (non-hydrogen) atoms. The van der Waals surface area contributed by atoms with Crippen molar-refractivity contribution in [2.24, 2.45) is 5.73 Å². The minimum atomic E-state index is -3.55. The summed E-state index contributed by atoms with van der Waals surface area (Å²) in [4.78, 5) is 4.10. The smallest absolute Gasteiger partial charge is 0.242 e. The average molecular weight is 273 g/mol. The van der Waals surface area contributed by atoms with Crippen molar-refractivity contribution in [2.45, 2.75) is 30.8 Å². The molecule has 0 spiro atoms. The molecule has 0 aliphatic carbocycles. The Morgan fingerprint density at radius 1 is 1.50 bits per heavy atom. The van der Waals surface area contributed by atoms with E-state index in [2.05, 4.69) is 9.71 Å².